The summed E-state index contributed by atoms with van der Waals surface area (Å²) in [5.74, 6) is -0.413. The highest BCUT2D eigenvalue weighted by atomic mass is 19.4. The van der Waals surface area contributed by atoms with Crippen LogP contribution >= 0.6 is 0 Å². The molecular formula is C22H15F3N2O2. The fraction of sp³-hybridized carbons (Fsp3) is 0.0909. The summed E-state index contributed by atoms with van der Waals surface area (Å²) in [7, 11) is 0. The van der Waals surface area contributed by atoms with E-state index in [2.05, 4.69) is 5.32 Å². The van der Waals surface area contributed by atoms with Gasteiger partial charge in [-0.3, -0.25) is 9.59 Å². The quantitative estimate of drug-likeness (QED) is 0.505. The Labute approximate surface area is 163 Å². The van der Waals surface area contributed by atoms with Crippen LogP contribution in [0.25, 0.3) is 21.8 Å². The van der Waals surface area contributed by atoms with Gasteiger partial charge in [-0.25, -0.2) is 0 Å². The fourth-order valence-corrected chi connectivity index (χ4v) is 3.33. The van der Waals surface area contributed by atoms with Crippen LogP contribution in [0.4, 0.5) is 18.9 Å². The molecule has 1 N–H and O–H groups in total. The molecule has 0 aliphatic heterocycles. The fourth-order valence-electron chi connectivity index (χ4n) is 3.33. The van der Waals surface area contributed by atoms with Crippen LogP contribution in [0.5, 0.6) is 0 Å². The average Bonchev–Trinajstić information content (AvgIpc) is 2.71. The first-order chi connectivity index (χ1) is 13.8. The molecule has 0 spiro atoms. The molecule has 0 fully saturated rings. The molecule has 0 bridgehead atoms. The molecule has 4 nitrogen and oxygen atoms in total. The molecule has 0 saturated carbocycles. The van der Waals surface area contributed by atoms with Crippen LogP contribution in [0.2, 0.25) is 0 Å². The second-order valence-corrected chi connectivity index (χ2v) is 6.57. The number of aromatic nitrogens is 1. The Morgan fingerprint density at radius 3 is 1.86 bits per heavy atom. The van der Waals surface area contributed by atoms with Crippen molar-refractivity contribution in [3.05, 3.63) is 88.6 Å². The summed E-state index contributed by atoms with van der Waals surface area (Å²) in [6, 6.07) is 18.2. The van der Waals surface area contributed by atoms with Crippen molar-refractivity contribution in [2.75, 3.05) is 5.32 Å². The van der Waals surface area contributed by atoms with Crippen LogP contribution in [0.3, 0.4) is 0 Å². The number of anilines is 1. The first kappa shape index (κ1) is 18.7. The van der Waals surface area contributed by atoms with Gasteiger partial charge in [-0.1, -0.05) is 24.3 Å². The first-order valence-electron chi connectivity index (χ1n) is 8.82. The van der Waals surface area contributed by atoms with Gasteiger partial charge in [0.05, 0.1) is 16.6 Å². The van der Waals surface area contributed by atoms with E-state index in [9.17, 15) is 22.8 Å². The van der Waals surface area contributed by atoms with Crippen molar-refractivity contribution >= 4 is 33.4 Å². The molecule has 0 radical (unpaired) electrons. The predicted octanol–water partition coefficient (Wildman–Crippen LogP) is 4.81. The third kappa shape index (κ3) is 3.59. The Balaban J connectivity index is 1.69. The summed E-state index contributed by atoms with van der Waals surface area (Å²) in [4.78, 5) is 25.3. The normalized spacial score (nSPS) is 11.7. The lowest BCUT2D eigenvalue weighted by Crippen LogP contribution is -2.21. The summed E-state index contributed by atoms with van der Waals surface area (Å²) in [5, 5.41) is 3.60. The van der Waals surface area contributed by atoms with Crippen molar-refractivity contribution in [3.63, 3.8) is 0 Å². The minimum atomic E-state index is -4.43. The SMILES string of the molecule is O=C(Cn1c2ccccc2c(=O)c2ccccc21)Nc1ccc(C(F)(F)F)cc1. The third-order valence-corrected chi connectivity index (χ3v) is 4.68. The Kier molecular flexibility index (Phi) is 4.58. The number of hydrogen-bond acceptors (Lipinski definition) is 2. The molecule has 0 atom stereocenters. The smallest absolute Gasteiger partial charge is 0.331 e. The summed E-state index contributed by atoms with van der Waals surface area (Å²) < 4.78 is 39.8. The molecule has 29 heavy (non-hydrogen) atoms. The molecule has 4 aromatic rings. The lowest BCUT2D eigenvalue weighted by molar-refractivity contribution is -0.137. The number of rotatable bonds is 3. The molecule has 1 amide bonds. The zero-order valence-electron chi connectivity index (χ0n) is 15.0. The van der Waals surface area contributed by atoms with E-state index in [1.807, 2.05) is 0 Å². The van der Waals surface area contributed by atoms with Gasteiger partial charge in [-0.05, 0) is 48.5 Å². The standard InChI is InChI=1S/C22H15F3N2O2/c23-22(24,25)14-9-11-15(12-10-14)26-20(28)13-27-18-7-3-1-5-16(18)21(29)17-6-2-4-8-19(17)27/h1-12H,13H2,(H,26,28). The molecule has 3 aromatic carbocycles. The number of hydrogen-bond donors (Lipinski definition) is 1. The zero-order chi connectivity index (χ0) is 20.6. The number of fused-ring (bicyclic) bond motifs is 2. The molecule has 1 aromatic heterocycles. The number of benzene rings is 3. The van der Waals surface area contributed by atoms with Gasteiger partial charge >= 0.3 is 6.18 Å². The summed E-state index contributed by atoms with van der Waals surface area (Å²) in [5.41, 5.74) is 0.582. The Morgan fingerprint density at radius 2 is 1.34 bits per heavy atom. The van der Waals surface area contributed by atoms with Crippen molar-refractivity contribution in [1.29, 1.82) is 0 Å². The van der Waals surface area contributed by atoms with Crippen LogP contribution in [-0.4, -0.2) is 10.5 Å². The first-order valence-corrected chi connectivity index (χ1v) is 8.82. The lowest BCUT2D eigenvalue weighted by atomic mass is 10.1. The monoisotopic (exact) mass is 396 g/mol. The molecular weight excluding hydrogens is 381 g/mol. The Hall–Kier alpha value is -3.61. The van der Waals surface area contributed by atoms with Crippen LogP contribution < -0.4 is 10.7 Å². The summed E-state index contributed by atoms with van der Waals surface area (Å²) in [6.07, 6.45) is -4.43. The van der Waals surface area contributed by atoms with E-state index in [-0.39, 0.29) is 17.7 Å². The molecule has 0 aliphatic carbocycles. The number of amides is 1. The van der Waals surface area contributed by atoms with Gasteiger partial charge in [-0.15, -0.1) is 0 Å². The number of halogens is 3. The maximum atomic E-state index is 12.7. The third-order valence-electron chi connectivity index (χ3n) is 4.68. The van der Waals surface area contributed by atoms with E-state index >= 15 is 0 Å². The highest BCUT2D eigenvalue weighted by molar-refractivity contribution is 5.97. The van der Waals surface area contributed by atoms with Crippen molar-refractivity contribution in [2.24, 2.45) is 0 Å². The van der Waals surface area contributed by atoms with Gasteiger partial charge in [0.1, 0.15) is 6.54 Å². The second-order valence-electron chi connectivity index (χ2n) is 6.57. The largest absolute Gasteiger partial charge is 0.416 e. The molecule has 7 heteroatoms. The number of nitrogens with zero attached hydrogens (tertiary/aromatic N) is 1. The van der Waals surface area contributed by atoms with Crippen molar-refractivity contribution in [3.8, 4) is 0 Å². The number of nitrogens with one attached hydrogen (secondary N) is 1. The number of carbonyl (C=O) groups excluding carboxylic acids is 1. The Morgan fingerprint density at radius 1 is 0.828 bits per heavy atom. The number of pyridine rings is 1. The van der Waals surface area contributed by atoms with Crippen molar-refractivity contribution in [2.45, 2.75) is 12.7 Å². The number of alkyl halides is 3. The van der Waals surface area contributed by atoms with E-state index in [0.29, 0.717) is 21.8 Å². The van der Waals surface area contributed by atoms with E-state index in [0.717, 1.165) is 12.1 Å². The van der Waals surface area contributed by atoms with Crippen molar-refractivity contribution < 1.29 is 18.0 Å². The number of para-hydroxylation sites is 2. The van der Waals surface area contributed by atoms with E-state index in [4.69, 9.17) is 0 Å². The van der Waals surface area contributed by atoms with Gasteiger partial charge in [-0.2, -0.15) is 13.2 Å². The van der Waals surface area contributed by atoms with Crippen LogP contribution in [-0.2, 0) is 17.5 Å². The van der Waals surface area contributed by atoms with Crippen molar-refractivity contribution in [1.82, 2.24) is 4.57 Å². The maximum Gasteiger partial charge on any atom is 0.416 e. The van der Waals surface area contributed by atoms with E-state index in [1.165, 1.54) is 12.1 Å². The van der Waals surface area contributed by atoms with Gasteiger partial charge < -0.3 is 9.88 Å². The molecule has 1 heterocycles. The predicted molar refractivity (Wildman–Crippen MR) is 106 cm³/mol. The zero-order valence-corrected chi connectivity index (χ0v) is 15.0. The molecule has 4 rings (SSSR count). The van der Waals surface area contributed by atoms with Crippen LogP contribution in [0, 0.1) is 0 Å². The van der Waals surface area contributed by atoms with Crippen LogP contribution in [0.15, 0.2) is 77.6 Å². The minimum Gasteiger partial charge on any atom is -0.331 e. The van der Waals surface area contributed by atoms with Gasteiger partial charge in [0, 0.05) is 16.5 Å². The van der Waals surface area contributed by atoms with Gasteiger partial charge in [0.2, 0.25) is 5.91 Å². The minimum absolute atomic E-state index is 0.0949. The van der Waals surface area contributed by atoms with Gasteiger partial charge in [0.25, 0.3) is 0 Å². The second kappa shape index (κ2) is 7.09. The van der Waals surface area contributed by atoms with E-state index in [1.54, 1.807) is 53.1 Å². The van der Waals surface area contributed by atoms with Crippen LogP contribution in [0.1, 0.15) is 5.56 Å². The molecule has 146 valence electrons. The topological polar surface area (TPSA) is 51.1 Å². The summed E-state index contributed by atoms with van der Waals surface area (Å²) in [6.45, 7) is -0.0949. The highest BCUT2D eigenvalue weighted by Crippen LogP contribution is 2.29. The lowest BCUT2D eigenvalue weighted by Gasteiger charge is -2.15. The number of carbonyl (C=O) groups is 1. The highest BCUT2D eigenvalue weighted by Gasteiger charge is 2.30. The Bertz CT molecular complexity index is 1220. The molecule has 0 unspecified atom stereocenters. The molecule has 0 saturated heterocycles. The van der Waals surface area contributed by atoms with E-state index < -0.39 is 17.6 Å². The van der Waals surface area contributed by atoms with Gasteiger partial charge in [0.15, 0.2) is 5.43 Å². The maximum absolute atomic E-state index is 12.7. The molecule has 0 aliphatic rings. The summed E-state index contributed by atoms with van der Waals surface area (Å²) >= 11 is 0. The average molecular weight is 396 g/mol.